The number of rotatable bonds is 4. The number of para-hydroxylation sites is 1. The Labute approximate surface area is 147 Å². The Hall–Kier alpha value is -3.14. The van der Waals surface area contributed by atoms with Crippen LogP contribution in [0.15, 0.2) is 84.1 Å². The number of pyridine rings is 1. The smallest absolute Gasteiger partial charge is 0.119 e. The molecule has 1 aliphatic heterocycles. The molecule has 0 radical (unpaired) electrons. The minimum absolute atomic E-state index is 0.254. The lowest BCUT2D eigenvalue weighted by atomic mass is 9.93. The number of aromatic nitrogens is 1. The van der Waals surface area contributed by atoms with Gasteiger partial charge in [-0.05, 0) is 48.0 Å². The van der Waals surface area contributed by atoms with Crippen molar-refractivity contribution in [3.8, 4) is 5.75 Å². The number of ether oxygens (including phenoxy) is 1. The highest BCUT2D eigenvalue weighted by atomic mass is 16.5. The van der Waals surface area contributed by atoms with Gasteiger partial charge in [-0.25, -0.2) is 4.99 Å². The predicted octanol–water partition coefficient (Wildman–Crippen LogP) is 4.77. The largest absolute Gasteiger partial charge is 0.497 e. The molecule has 0 N–H and O–H groups in total. The summed E-state index contributed by atoms with van der Waals surface area (Å²) in [4.78, 5) is 11.4. The third kappa shape index (κ3) is 3.11. The maximum atomic E-state index is 5.28. The normalized spacial score (nSPS) is 18.0. The average Bonchev–Trinajstić information content (AvgIpc) is 2.67. The van der Waals surface area contributed by atoms with Crippen LogP contribution in [-0.4, -0.2) is 17.9 Å². The van der Waals surface area contributed by atoms with Crippen LogP contribution in [-0.2, 0) is 0 Å². The molecule has 0 saturated carbocycles. The van der Waals surface area contributed by atoms with E-state index in [1.54, 1.807) is 13.3 Å². The van der Waals surface area contributed by atoms with Gasteiger partial charge in [-0.2, -0.15) is 0 Å². The number of anilines is 1. The summed E-state index contributed by atoms with van der Waals surface area (Å²) in [7, 11) is 1.68. The SMILES string of the molecule is COc1ccc(N2C(=Nc3ccccc3)CC2c2cccnc2)cc1. The van der Waals surface area contributed by atoms with Gasteiger partial charge in [0.1, 0.15) is 11.6 Å². The van der Waals surface area contributed by atoms with Crippen LogP contribution in [0.3, 0.4) is 0 Å². The first-order valence-electron chi connectivity index (χ1n) is 8.31. The predicted molar refractivity (Wildman–Crippen MR) is 101 cm³/mol. The highest BCUT2D eigenvalue weighted by Gasteiger charge is 2.36. The fraction of sp³-hybridized carbons (Fsp3) is 0.143. The number of methoxy groups -OCH3 is 1. The molecule has 1 fully saturated rings. The van der Waals surface area contributed by atoms with Gasteiger partial charge in [-0.3, -0.25) is 4.98 Å². The Kier molecular flexibility index (Phi) is 4.17. The number of nitrogens with zero attached hydrogens (tertiary/aromatic N) is 3. The number of amidine groups is 1. The van der Waals surface area contributed by atoms with Gasteiger partial charge < -0.3 is 9.64 Å². The quantitative estimate of drug-likeness (QED) is 0.692. The Morgan fingerprint density at radius 3 is 2.48 bits per heavy atom. The van der Waals surface area contributed by atoms with Crippen LogP contribution < -0.4 is 9.64 Å². The van der Waals surface area contributed by atoms with E-state index in [0.29, 0.717) is 0 Å². The molecule has 3 aromatic rings. The number of aliphatic imine (C=N–C) groups is 1. The van der Waals surface area contributed by atoms with Gasteiger partial charge in [0.25, 0.3) is 0 Å². The van der Waals surface area contributed by atoms with E-state index in [0.717, 1.165) is 29.4 Å². The molecule has 124 valence electrons. The van der Waals surface area contributed by atoms with Crippen LogP contribution in [0.4, 0.5) is 11.4 Å². The summed E-state index contributed by atoms with van der Waals surface area (Å²) < 4.78 is 5.28. The van der Waals surface area contributed by atoms with Crippen molar-refractivity contribution in [3.63, 3.8) is 0 Å². The summed E-state index contributed by atoms with van der Waals surface area (Å²) in [6, 6.07) is 22.5. The van der Waals surface area contributed by atoms with Crippen molar-refractivity contribution in [2.24, 2.45) is 4.99 Å². The molecule has 0 spiro atoms. The Morgan fingerprint density at radius 2 is 1.80 bits per heavy atom. The van der Waals surface area contributed by atoms with Crippen LogP contribution in [0.25, 0.3) is 0 Å². The van der Waals surface area contributed by atoms with E-state index in [4.69, 9.17) is 9.73 Å². The molecule has 25 heavy (non-hydrogen) atoms. The second-order valence-corrected chi connectivity index (χ2v) is 5.94. The molecule has 1 unspecified atom stereocenters. The minimum atomic E-state index is 0.254. The topological polar surface area (TPSA) is 37.7 Å². The second-order valence-electron chi connectivity index (χ2n) is 5.94. The van der Waals surface area contributed by atoms with E-state index >= 15 is 0 Å². The van der Waals surface area contributed by atoms with Crippen LogP contribution in [0.2, 0.25) is 0 Å². The summed E-state index contributed by atoms with van der Waals surface area (Å²) in [5.41, 5.74) is 3.28. The van der Waals surface area contributed by atoms with Gasteiger partial charge in [0.2, 0.25) is 0 Å². The number of benzene rings is 2. The number of hydrogen-bond acceptors (Lipinski definition) is 3. The van der Waals surface area contributed by atoms with E-state index in [1.807, 2.05) is 54.7 Å². The molecule has 4 nitrogen and oxygen atoms in total. The highest BCUT2D eigenvalue weighted by Crippen LogP contribution is 2.40. The zero-order chi connectivity index (χ0) is 17.1. The van der Waals surface area contributed by atoms with E-state index in [-0.39, 0.29) is 6.04 Å². The molecule has 4 rings (SSSR count). The monoisotopic (exact) mass is 329 g/mol. The molecule has 2 heterocycles. The van der Waals surface area contributed by atoms with Gasteiger partial charge in [0.05, 0.1) is 18.8 Å². The van der Waals surface area contributed by atoms with Crippen LogP contribution >= 0.6 is 0 Å². The molecule has 0 amide bonds. The van der Waals surface area contributed by atoms with Crippen molar-refractivity contribution in [1.29, 1.82) is 0 Å². The molecule has 2 aromatic carbocycles. The summed E-state index contributed by atoms with van der Waals surface area (Å²) in [6.45, 7) is 0. The molecule has 1 saturated heterocycles. The maximum Gasteiger partial charge on any atom is 0.119 e. The molecular formula is C21H19N3O. The third-order valence-electron chi connectivity index (χ3n) is 4.40. The molecular weight excluding hydrogens is 310 g/mol. The molecule has 4 heteroatoms. The standard InChI is InChI=1S/C21H19N3O/c1-25-19-11-9-18(10-12-19)24-20(16-6-5-13-22-15-16)14-21(24)23-17-7-3-2-4-8-17/h2-13,15,20H,14H2,1H3. The maximum absolute atomic E-state index is 5.28. The van der Waals surface area contributed by atoms with E-state index in [9.17, 15) is 0 Å². The lowest BCUT2D eigenvalue weighted by Crippen LogP contribution is -2.46. The minimum Gasteiger partial charge on any atom is -0.497 e. The van der Waals surface area contributed by atoms with Gasteiger partial charge in [-0.1, -0.05) is 24.3 Å². The van der Waals surface area contributed by atoms with Crippen LogP contribution in [0.5, 0.6) is 5.75 Å². The van der Waals surface area contributed by atoms with Crippen molar-refractivity contribution >= 4 is 17.2 Å². The summed E-state index contributed by atoms with van der Waals surface area (Å²) in [5.74, 6) is 1.91. The lowest BCUT2D eigenvalue weighted by Gasteiger charge is -2.44. The Balaban J connectivity index is 1.69. The van der Waals surface area contributed by atoms with Gasteiger partial charge in [-0.15, -0.1) is 0 Å². The highest BCUT2D eigenvalue weighted by molar-refractivity contribution is 6.06. The fourth-order valence-corrected chi connectivity index (χ4v) is 3.09. The lowest BCUT2D eigenvalue weighted by molar-refractivity contribution is 0.415. The van der Waals surface area contributed by atoms with E-state index < -0.39 is 0 Å². The Bertz CT molecular complexity index is 861. The molecule has 1 aromatic heterocycles. The first-order valence-corrected chi connectivity index (χ1v) is 8.31. The zero-order valence-electron chi connectivity index (χ0n) is 14.0. The fourth-order valence-electron chi connectivity index (χ4n) is 3.09. The van der Waals surface area contributed by atoms with Crippen molar-refractivity contribution in [3.05, 3.63) is 84.7 Å². The first kappa shape index (κ1) is 15.4. The zero-order valence-corrected chi connectivity index (χ0v) is 14.0. The Morgan fingerprint density at radius 1 is 1.00 bits per heavy atom. The molecule has 0 aliphatic carbocycles. The summed E-state index contributed by atoms with van der Waals surface area (Å²) in [5, 5.41) is 0. The van der Waals surface area contributed by atoms with Crippen molar-refractivity contribution in [1.82, 2.24) is 4.98 Å². The molecule has 0 bridgehead atoms. The number of hydrogen-bond donors (Lipinski definition) is 0. The molecule has 1 aliphatic rings. The van der Waals surface area contributed by atoms with Crippen LogP contribution in [0, 0.1) is 0 Å². The van der Waals surface area contributed by atoms with Gasteiger partial charge >= 0.3 is 0 Å². The second kappa shape index (κ2) is 6.77. The average molecular weight is 329 g/mol. The van der Waals surface area contributed by atoms with E-state index in [1.165, 1.54) is 5.56 Å². The van der Waals surface area contributed by atoms with Crippen molar-refractivity contribution in [2.75, 3.05) is 12.0 Å². The third-order valence-corrected chi connectivity index (χ3v) is 4.40. The van der Waals surface area contributed by atoms with E-state index in [2.05, 4.69) is 28.1 Å². The first-order chi connectivity index (χ1) is 12.3. The van der Waals surface area contributed by atoms with Gasteiger partial charge in [0.15, 0.2) is 0 Å². The summed E-state index contributed by atoms with van der Waals surface area (Å²) >= 11 is 0. The molecule has 1 atom stereocenters. The summed E-state index contributed by atoms with van der Waals surface area (Å²) in [6.07, 6.45) is 4.63. The van der Waals surface area contributed by atoms with Crippen molar-refractivity contribution in [2.45, 2.75) is 12.5 Å². The van der Waals surface area contributed by atoms with Crippen LogP contribution in [0.1, 0.15) is 18.0 Å². The van der Waals surface area contributed by atoms with Gasteiger partial charge in [0, 0.05) is 24.5 Å². The van der Waals surface area contributed by atoms with Crippen molar-refractivity contribution < 1.29 is 4.74 Å².